The van der Waals surface area contributed by atoms with Crippen LogP contribution < -0.4 is 0 Å². The zero-order valence-electron chi connectivity index (χ0n) is 7.12. The van der Waals surface area contributed by atoms with Gasteiger partial charge in [0.2, 0.25) is 5.91 Å². The van der Waals surface area contributed by atoms with Gasteiger partial charge in [-0.15, -0.1) is 0 Å². The number of nitrogens with zero attached hydrogens (tertiary/aromatic N) is 1. The predicted octanol–water partition coefficient (Wildman–Crippen LogP) is 0.472. The van der Waals surface area contributed by atoms with E-state index in [1.165, 1.54) is 4.90 Å². The quantitative estimate of drug-likeness (QED) is 0.669. The Bertz CT molecular complexity index is 198. The summed E-state index contributed by atoms with van der Waals surface area (Å²) in [6.07, 6.45) is 2.31. The Morgan fingerprint density at radius 1 is 1.50 bits per heavy atom. The van der Waals surface area contributed by atoms with Gasteiger partial charge in [-0.1, -0.05) is 6.92 Å². The number of amides is 1. The van der Waals surface area contributed by atoms with E-state index in [-0.39, 0.29) is 18.5 Å². The average Bonchev–Trinajstić information content (AvgIpc) is 2.81. The molecule has 1 rings (SSSR count). The molecule has 1 aliphatic carbocycles. The third-order valence-corrected chi connectivity index (χ3v) is 1.92. The molecule has 1 aliphatic rings. The highest BCUT2D eigenvalue weighted by Gasteiger charge is 2.32. The van der Waals surface area contributed by atoms with Crippen LogP contribution in [-0.2, 0) is 9.59 Å². The topological polar surface area (TPSA) is 57.6 Å². The van der Waals surface area contributed by atoms with Crippen molar-refractivity contribution in [1.29, 1.82) is 0 Å². The van der Waals surface area contributed by atoms with Crippen molar-refractivity contribution in [1.82, 2.24) is 4.90 Å². The van der Waals surface area contributed by atoms with E-state index in [9.17, 15) is 9.59 Å². The summed E-state index contributed by atoms with van der Waals surface area (Å²) < 4.78 is 0. The fraction of sp³-hybridized carbons (Fsp3) is 0.750. The number of carboxylic acid groups (broad SMARTS) is 1. The number of aliphatic carboxylic acids is 1. The van der Waals surface area contributed by atoms with Crippen molar-refractivity contribution in [2.75, 3.05) is 6.54 Å². The van der Waals surface area contributed by atoms with Crippen LogP contribution in [0, 0.1) is 0 Å². The number of rotatable bonds is 4. The summed E-state index contributed by atoms with van der Waals surface area (Å²) >= 11 is 0. The maximum Gasteiger partial charge on any atom is 0.323 e. The van der Waals surface area contributed by atoms with E-state index < -0.39 is 5.97 Å². The van der Waals surface area contributed by atoms with Gasteiger partial charge in [0.25, 0.3) is 0 Å². The molecular formula is C8H13NO3. The molecule has 0 bridgehead atoms. The lowest BCUT2D eigenvalue weighted by atomic mass is 10.3. The van der Waals surface area contributed by atoms with Crippen LogP contribution in [0.1, 0.15) is 26.2 Å². The number of carboxylic acids is 1. The van der Waals surface area contributed by atoms with Crippen molar-refractivity contribution in [2.45, 2.75) is 32.2 Å². The second-order valence-electron chi connectivity index (χ2n) is 3.00. The molecule has 1 fully saturated rings. The van der Waals surface area contributed by atoms with Gasteiger partial charge >= 0.3 is 5.97 Å². The van der Waals surface area contributed by atoms with Crippen LogP contribution in [0.4, 0.5) is 0 Å². The van der Waals surface area contributed by atoms with Crippen LogP contribution in [0.15, 0.2) is 0 Å². The van der Waals surface area contributed by atoms with E-state index in [1.807, 2.05) is 0 Å². The van der Waals surface area contributed by atoms with Crippen LogP contribution >= 0.6 is 0 Å². The van der Waals surface area contributed by atoms with Crippen molar-refractivity contribution >= 4 is 11.9 Å². The lowest BCUT2D eigenvalue weighted by Crippen LogP contribution is -2.36. The van der Waals surface area contributed by atoms with Crippen LogP contribution in [-0.4, -0.2) is 34.5 Å². The molecule has 0 aromatic rings. The van der Waals surface area contributed by atoms with Crippen LogP contribution in [0.3, 0.4) is 0 Å². The van der Waals surface area contributed by atoms with E-state index in [2.05, 4.69) is 0 Å². The smallest absolute Gasteiger partial charge is 0.323 e. The first-order valence-corrected chi connectivity index (χ1v) is 4.16. The molecule has 0 aromatic heterocycles. The van der Waals surface area contributed by atoms with Gasteiger partial charge in [0.1, 0.15) is 6.54 Å². The minimum Gasteiger partial charge on any atom is -0.480 e. The second-order valence-corrected chi connectivity index (χ2v) is 3.00. The molecule has 0 radical (unpaired) electrons. The predicted molar refractivity (Wildman–Crippen MR) is 42.7 cm³/mol. The van der Waals surface area contributed by atoms with Crippen molar-refractivity contribution in [3.05, 3.63) is 0 Å². The Balaban J connectivity index is 2.48. The van der Waals surface area contributed by atoms with Crippen molar-refractivity contribution in [3.8, 4) is 0 Å². The molecular weight excluding hydrogens is 158 g/mol. The first-order chi connectivity index (χ1) is 5.65. The third kappa shape index (κ3) is 2.22. The van der Waals surface area contributed by atoms with E-state index in [1.54, 1.807) is 6.92 Å². The van der Waals surface area contributed by atoms with Gasteiger partial charge in [-0.05, 0) is 12.8 Å². The monoisotopic (exact) mass is 171 g/mol. The lowest BCUT2D eigenvalue weighted by molar-refractivity contribution is -0.144. The van der Waals surface area contributed by atoms with Crippen molar-refractivity contribution in [2.24, 2.45) is 0 Å². The Morgan fingerprint density at radius 3 is 2.42 bits per heavy atom. The van der Waals surface area contributed by atoms with Gasteiger partial charge in [0, 0.05) is 12.5 Å². The van der Waals surface area contributed by atoms with Gasteiger partial charge < -0.3 is 10.0 Å². The number of carbonyl (C=O) groups excluding carboxylic acids is 1. The molecule has 0 unspecified atom stereocenters. The van der Waals surface area contributed by atoms with Crippen LogP contribution in [0.2, 0.25) is 0 Å². The molecule has 0 atom stereocenters. The van der Waals surface area contributed by atoms with Crippen LogP contribution in [0.25, 0.3) is 0 Å². The molecule has 0 aromatic carbocycles. The number of carbonyl (C=O) groups is 2. The highest BCUT2D eigenvalue weighted by atomic mass is 16.4. The Morgan fingerprint density at radius 2 is 2.08 bits per heavy atom. The summed E-state index contributed by atoms with van der Waals surface area (Å²) in [6.45, 7) is 1.61. The zero-order valence-corrected chi connectivity index (χ0v) is 7.12. The maximum atomic E-state index is 11.2. The zero-order chi connectivity index (χ0) is 9.14. The summed E-state index contributed by atoms with van der Waals surface area (Å²) in [4.78, 5) is 23.0. The maximum absolute atomic E-state index is 11.2. The summed E-state index contributed by atoms with van der Waals surface area (Å²) in [5.74, 6) is -0.983. The fourth-order valence-corrected chi connectivity index (χ4v) is 1.16. The standard InChI is InChI=1S/C8H13NO3/c1-2-7(10)9(5-8(11)12)6-3-4-6/h6H,2-5H2,1H3,(H,11,12). The highest BCUT2D eigenvalue weighted by molar-refractivity contribution is 5.81. The minimum absolute atomic E-state index is 0.0556. The Kier molecular flexibility index (Phi) is 2.68. The first kappa shape index (κ1) is 9.03. The second kappa shape index (κ2) is 3.56. The SMILES string of the molecule is CCC(=O)N(CC(=O)O)C1CC1. The van der Waals surface area contributed by atoms with Crippen LogP contribution in [0.5, 0.6) is 0 Å². The number of hydrogen-bond donors (Lipinski definition) is 1. The molecule has 1 saturated carbocycles. The normalized spacial score (nSPS) is 15.8. The number of hydrogen-bond acceptors (Lipinski definition) is 2. The van der Waals surface area contributed by atoms with Crippen molar-refractivity contribution < 1.29 is 14.7 Å². The third-order valence-electron chi connectivity index (χ3n) is 1.92. The molecule has 0 aliphatic heterocycles. The van der Waals surface area contributed by atoms with E-state index >= 15 is 0 Å². The molecule has 68 valence electrons. The highest BCUT2D eigenvalue weighted by Crippen LogP contribution is 2.26. The van der Waals surface area contributed by atoms with Gasteiger partial charge in [-0.3, -0.25) is 9.59 Å². The summed E-state index contributed by atoms with van der Waals surface area (Å²) in [5.41, 5.74) is 0. The fourth-order valence-electron chi connectivity index (χ4n) is 1.16. The van der Waals surface area contributed by atoms with Crippen molar-refractivity contribution in [3.63, 3.8) is 0 Å². The molecule has 1 amide bonds. The van der Waals surface area contributed by atoms with E-state index in [0.29, 0.717) is 6.42 Å². The summed E-state index contributed by atoms with van der Waals surface area (Å²) in [7, 11) is 0. The molecule has 4 nitrogen and oxygen atoms in total. The van der Waals surface area contributed by atoms with E-state index in [4.69, 9.17) is 5.11 Å². The van der Waals surface area contributed by atoms with E-state index in [0.717, 1.165) is 12.8 Å². The molecule has 0 heterocycles. The summed E-state index contributed by atoms with van der Waals surface area (Å²) in [5, 5.41) is 8.51. The van der Waals surface area contributed by atoms with Gasteiger partial charge in [-0.2, -0.15) is 0 Å². The molecule has 0 saturated heterocycles. The van der Waals surface area contributed by atoms with Gasteiger partial charge in [0.15, 0.2) is 0 Å². The Hall–Kier alpha value is -1.06. The van der Waals surface area contributed by atoms with Gasteiger partial charge in [0.05, 0.1) is 0 Å². The first-order valence-electron chi connectivity index (χ1n) is 4.16. The summed E-state index contributed by atoms with van der Waals surface area (Å²) in [6, 6.07) is 0.202. The minimum atomic E-state index is -0.927. The Labute approximate surface area is 71.2 Å². The van der Waals surface area contributed by atoms with Gasteiger partial charge in [-0.25, -0.2) is 0 Å². The molecule has 0 spiro atoms. The average molecular weight is 171 g/mol. The lowest BCUT2D eigenvalue weighted by Gasteiger charge is -2.18. The molecule has 1 N–H and O–H groups in total. The largest absolute Gasteiger partial charge is 0.480 e. The molecule has 4 heteroatoms. The molecule has 12 heavy (non-hydrogen) atoms.